The van der Waals surface area contributed by atoms with E-state index in [4.69, 9.17) is 9.47 Å². The van der Waals surface area contributed by atoms with E-state index in [-0.39, 0.29) is 31.8 Å². The predicted octanol–water partition coefficient (Wildman–Crippen LogP) is 2.62. The van der Waals surface area contributed by atoms with Gasteiger partial charge in [-0.3, -0.25) is 0 Å². The van der Waals surface area contributed by atoms with Crippen LogP contribution in [0.4, 0.5) is 0 Å². The number of phenols is 1. The van der Waals surface area contributed by atoms with Crippen LogP contribution < -0.4 is 0 Å². The molecule has 0 amide bonds. The summed E-state index contributed by atoms with van der Waals surface area (Å²) in [6.07, 6.45) is -0.389. The number of hydrogen-bond acceptors (Lipinski definition) is 6. The standard InChI is InChI=1S/C18H23BrO6/c1-3-25-18(23)17(22)9-12(11-24-2)5-4-6-15(20)14-10-13(19)7-8-16(14)21/h4,7-8,10,15,17,20-22H,3,6,9,11H2,1-2H3/t5?,15-,17-/m1/s1. The van der Waals surface area contributed by atoms with Crippen molar-refractivity contribution in [3.8, 4) is 5.75 Å². The van der Waals surface area contributed by atoms with E-state index < -0.39 is 18.2 Å². The highest BCUT2D eigenvalue weighted by molar-refractivity contribution is 9.10. The molecule has 3 N–H and O–H groups in total. The molecule has 138 valence electrons. The first kappa shape index (κ1) is 21.4. The molecule has 0 bridgehead atoms. The minimum absolute atomic E-state index is 0.00271. The molecular formula is C18H23BrO6. The highest BCUT2D eigenvalue weighted by Crippen LogP contribution is 2.29. The fraction of sp³-hybridized carbons (Fsp3) is 0.444. The lowest BCUT2D eigenvalue weighted by atomic mass is 10.0. The summed E-state index contributed by atoms with van der Waals surface area (Å²) in [6, 6.07) is 4.81. The molecule has 0 saturated heterocycles. The maximum absolute atomic E-state index is 11.5. The van der Waals surface area contributed by atoms with Gasteiger partial charge >= 0.3 is 5.97 Å². The topological polar surface area (TPSA) is 96.2 Å². The van der Waals surface area contributed by atoms with Crippen LogP contribution >= 0.6 is 15.9 Å². The van der Waals surface area contributed by atoms with Crippen molar-refractivity contribution in [1.82, 2.24) is 0 Å². The Hall–Kier alpha value is -1.63. The molecule has 7 heteroatoms. The van der Waals surface area contributed by atoms with Crippen LogP contribution in [0.15, 0.2) is 40.1 Å². The number of methoxy groups -OCH3 is 1. The highest BCUT2D eigenvalue weighted by Gasteiger charge is 2.18. The molecule has 0 aliphatic carbocycles. The Bertz CT molecular complexity index is 636. The zero-order chi connectivity index (χ0) is 18.8. The first-order chi connectivity index (χ1) is 11.9. The highest BCUT2D eigenvalue weighted by atomic mass is 79.9. The van der Waals surface area contributed by atoms with Gasteiger partial charge in [0.1, 0.15) is 5.75 Å². The van der Waals surface area contributed by atoms with Crippen LogP contribution in [0.5, 0.6) is 5.75 Å². The summed E-state index contributed by atoms with van der Waals surface area (Å²) >= 11 is 3.29. The Morgan fingerprint density at radius 3 is 2.76 bits per heavy atom. The molecule has 25 heavy (non-hydrogen) atoms. The van der Waals surface area contributed by atoms with Crippen LogP contribution in [0, 0.1) is 0 Å². The van der Waals surface area contributed by atoms with E-state index in [9.17, 15) is 20.1 Å². The molecule has 1 rings (SSSR count). The van der Waals surface area contributed by atoms with Crippen molar-refractivity contribution in [1.29, 1.82) is 0 Å². The number of benzene rings is 1. The largest absolute Gasteiger partial charge is 0.508 e. The number of esters is 1. The van der Waals surface area contributed by atoms with Crippen molar-refractivity contribution >= 4 is 21.9 Å². The van der Waals surface area contributed by atoms with E-state index in [1.807, 2.05) is 0 Å². The van der Waals surface area contributed by atoms with Crippen molar-refractivity contribution in [3.63, 3.8) is 0 Å². The van der Waals surface area contributed by atoms with Crippen LogP contribution in [0.3, 0.4) is 0 Å². The van der Waals surface area contributed by atoms with Gasteiger partial charge in [0.2, 0.25) is 0 Å². The molecule has 2 atom stereocenters. The maximum Gasteiger partial charge on any atom is 0.335 e. The van der Waals surface area contributed by atoms with Gasteiger partial charge in [0, 0.05) is 35.6 Å². The van der Waals surface area contributed by atoms with Crippen LogP contribution in [-0.4, -0.2) is 47.7 Å². The second-order valence-corrected chi connectivity index (χ2v) is 6.23. The van der Waals surface area contributed by atoms with Gasteiger partial charge in [0.15, 0.2) is 6.10 Å². The van der Waals surface area contributed by atoms with Crippen LogP contribution in [0.1, 0.15) is 31.4 Å². The quantitative estimate of drug-likeness (QED) is 0.424. The minimum atomic E-state index is -1.29. The number of carbonyl (C=O) groups excluding carboxylic acids is 1. The molecule has 0 fully saturated rings. The van der Waals surface area contributed by atoms with Crippen LogP contribution in [0.25, 0.3) is 0 Å². The Balaban J connectivity index is 2.80. The SMILES string of the molecule is CCOC(=O)[C@H](O)CC(=C=CC[C@@H](O)c1cc(Br)ccc1O)COC. The Morgan fingerprint density at radius 2 is 2.12 bits per heavy atom. The summed E-state index contributed by atoms with van der Waals surface area (Å²) in [5, 5.41) is 29.8. The van der Waals surface area contributed by atoms with E-state index in [1.54, 1.807) is 25.1 Å². The zero-order valence-electron chi connectivity index (χ0n) is 14.2. The number of hydrogen-bond donors (Lipinski definition) is 3. The number of aliphatic hydroxyl groups excluding tert-OH is 2. The van der Waals surface area contributed by atoms with Crippen LogP contribution in [-0.2, 0) is 14.3 Å². The first-order valence-electron chi connectivity index (χ1n) is 7.82. The van der Waals surface area contributed by atoms with Gasteiger partial charge in [0.25, 0.3) is 0 Å². The number of phenolic OH excluding ortho intramolecular Hbond substituents is 1. The molecule has 0 aliphatic rings. The normalized spacial score (nSPS) is 12.8. The van der Waals surface area contributed by atoms with E-state index in [0.717, 1.165) is 4.47 Å². The lowest BCUT2D eigenvalue weighted by Crippen LogP contribution is -2.24. The number of ether oxygens (including phenoxy) is 2. The summed E-state index contributed by atoms with van der Waals surface area (Å²) in [5.41, 5.74) is 3.89. The minimum Gasteiger partial charge on any atom is -0.508 e. The molecule has 6 nitrogen and oxygen atoms in total. The predicted molar refractivity (Wildman–Crippen MR) is 96.1 cm³/mol. The second kappa shape index (κ2) is 11.1. The maximum atomic E-state index is 11.5. The fourth-order valence-corrected chi connectivity index (χ4v) is 2.50. The molecular weight excluding hydrogens is 392 g/mol. The monoisotopic (exact) mass is 414 g/mol. The van der Waals surface area contributed by atoms with Gasteiger partial charge in [-0.1, -0.05) is 15.9 Å². The number of rotatable bonds is 9. The summed E-state index contributed by atoms with van der Waals surface area (Å²) < 4.78 is 10.5. The van der Waals surface area contributed by atoms with Crippen molar-refractivity contribution < 1.29 is 29.6 Å². The van der Waals surface area contributed by atoms with E-state index in [2.05, 4.69) is 21.7 Å². The van der Waals surface area contributed by atoms with Gasteiger partial charge in [-0.15, -0.1) is 5.73 Å². The van der Waals surface area contributed by atoms with Crippen molar-refractivity contribution in [2.24, 2.45) is 0 Å². The number of halogens is 1. The summed E-state index contributed by atoms with van der Waals surface area (Å²) in [5.74, 6) is -0.695. The Morgan fingerprint density at radius 1 is 1.40 bits per heavy atom. The summed E-state index contributed by atoms with van der Waals surface area (Å²) in [4.78, 5) is 11.5. The van der Waals surface area contributed by atoms with Crippen molar-refractivity contribution in [2.75, 3.05) is 20.3 Å². The Kier molecular flexibility index (Phi) is 9.49. The molecule has 0 saturated carbocycles. The van der Waals surface area contributed by atoms with Crippen molar-refractivity contribution in [2.45, 2.75) is 32.0 Å². The molecule has 0 heterocycles. The zero-order valence-corrected chi connectivity index (χ0v) is 15.8. The van der Waals surface area contributed by atoms with Crippen molar-refractivity contribution in [3.05, 3.63) is 45.6 Å². The molecule has 1 aromatic rings. The molecule has 1 aromatic carbocycles. The average molecular weight is 415 g/mol. The first-order valence-corrected chi connectivity index (χ1v) is 8.61. The van der Waals surface area contributed by atoms with Gasteiger partial charge in [-0.25, -0.2) is 4.79 Å². The third-order valence-electron chi connectivity index (χ3n) is 3.31. The summed E-state index contributed by atoms with van der Waals surface area (Å²) in [7, 11) is 1.49. The number of aliphatic hydroxyl groups is 2. The van der Waals surface area contributed by atoms with Gasteiger partial charge in [0.05, 0.1) is 19.3 Å². The van der Waals surface area contributed by atoms with E-state index in [1.165, 1.54) is 13.2 Å². The van der Waals surface area contributed by atoms with Crippen LogP contribution in [0.2, 0.25) is 0 Å². The van der Waals surface area contributed by atoms with Gasteiger partial charge in [-0.05, 0) is 31.2 Å². The van der Waals surface area contributed by atoms with Gasteiger partial charge in [-0.2, -0.15) is 0 Å². The molecule has 0 unspecified atom stereocenters. The third kappa shape index (κ3) is 7.42. The molecule has 0 aliphatic heterocycles. The Labute approximate surface area is 155 Å². The van der Waals surface area contributed by atoms with Gasteiger partial charge < -0.3 is 24.8 Å². The second-order valence-electron chi connectivity index (χ2n) is 5.31. The number of aromatic hydroxyl groups is 1. The average Bonchev–Trinajstić information content (AvgIpc) is 2.57. The molecule has 0 aromatic heterocycles. The van der Waals surface area contributed by atoms with E-state index >= 15 is 0 Å². The smallest absolute Gasteiger partial charge is 0.335 e. The summed E-state index contributed by atoms with van der Waals surface area (Å²) in [6.45, 7) is 2.04. The third-order valence-corrected chi connectivity index (χ3v) is 3.81. The molecule has 0 radical (unpaired) electrons. The lowest BCUT2D eigenvalue weighted by molar-refractivity contribution is -0.152. The van der Waals surface area contributed by atoms with E-state index in [0.29, 0.717) is 11.1 Å². The lowest BCUT2D eigenvalue weighted by Gasteiger charge is -2.11. The number of carbonyl (C=O) groups is 1. The fourth-order valence-electron chi connectivity index (χ4n) is 2.12. The molecule has 0 spiro atoms.